The molecule has 1 aliphatic heterocycles. The minimum atomic E-state index is 0.619. The summed E-state index contributed by atoms with van der Waals surface area (Å²) in [5, 5.41) is 0. The molecule has 17 heavy (non-hydrogen) atoms. The Morgan fingerprint density at radius 2 is 1.88 bits per heavy atom. The van der Waals surface area contributed by atoms with E-state index in [2.05, 4.69) is 17.9 Å². The minimum Gasteiger partial charge on any atom is -0.486 e. The molecule has 0 N–H and O–H groups in total. The van der Waals surface area contributed by atoms with Crippen LogP contribution in [-0.2, 0) is 11.3 Å². The maximum Gasteiger partial charge on any atom is 0.161 e. The van der Waals surface area contributed by atoms with Gasteiger partial charge in [0.25, 0.3) is 0 Å². The molecule has 0 saturated carbocycles. The van der Waals surface area contributed by atoms with E-state index in [0.29, 0.717) is 19.9 Å². The number of hydrogen-bond donors (Lipinski definition) is 0. The average molecular weight is 237 g/mol. The number of rotatable bonds is 4. The maximum atomic E-state index is 5.59. The molecule has 1 heterocycles. The molecule has 2 rings (SSSR count). The van der Waals surface area contributed by atoms with Gasteiger partial charge in [0.1, 0.15) is 13.2 Å². The molecule has 0 fully saturated rings. The third kappa shape index (κ3) is 2.90. The van der Waals surface area contributed by atoms with Crippen molar-refractivity contribution in [3.8, 4) is 11.5 Å². The van der Waals surface area contributed by atoms with Gasteiger partial charge in [0, 0.05) is 13.7 Å². The van der Waals surface area contributed by atoms with Crippen molar-refractivity contribution in [1.82, 2.24) is 4.90 Å². The van der Waals surface area contributed by atoms with Gasteiger partial charge in [-0.2, -0.15) is 0 Å². The first kappa shape index (κ1) is 12.2. The monoisotopic (exact) mass is 237 g/mol. The second-order valence-corrected chi connectivity index (χ2v) is 4.35. The summed E-state index contributed by atoms with van der Waals surface area (Å²) in [6, 6.07) is 4.11. The van der Waals surface area contributed by atoms with Crippen molar-refractivity contribution in [2.75, 3.05) is 34.1 Å². The van der Waals surface area contributed by atoms with Crippen LogP contribution in [0.3, 0.4) is 0 Å². The van der Waals surface area contributed by atoms with Crippen LogP contribution in [0.15, 0.2) is 12.1 Å². The van der Waals surface area contributed by atoms with Crippen LogP contribution in [0.1, 0.15) is 11.1 Å². The van der Waals surface area contributed by atoms with Gasteiger partial charge in [-0.15, -0.1) is 0 Å². The first-order chi connectivity index (χ1) is 8.20. The number of hydrogen-bond acceptors (Lipinski definition) is 4. The summed E-state index contributed by atoms with van der Waals surface area (Å²) in [6.07, 6.45) is 0. The lowest BCUT2D eigenvalue weighted by atomic mass is 10.1. The zero-order valence-electron chi connectivity index (χ0n) is 10.7. The maximum absolute atomic E-state index is 5.59. The van der Waals surface area contributed by atoms with Crippen LogP contribution in [0.4, 0.5) is 0 Å². The Balaban J connectivity index is 2.16. The van der Waals surface area contributed by atoms with Crippen molar-refractivity contribution in [1.29, 1.82) is 0 Å². The van der Waals surface area contributed by atoms with Gasteiger partial charge in [-0.05, 0) is 37.2 Å². The normalized spacial score (nSPS) is 14.1. The van der Waals surface area contributed by atoms with Gasteiger partial charge >= 0.3 is 0 Å². The fraction of sp³-hybridized carbons (Fsp3) is 0.538. The molecule has 0 aliphatic carbocycles. The highest BCUT2D eigenvalue weighted by molar-refractivity contribution is 5.47. The van der Waals surface area contributed by atoms with E-state index >= 15 is 0 Å². The van der Waals surface area contributed by atoms with Crippen LogP contribution in [0.5, 0.6) is 11.5 Å². The fourth-order valence-corrected chi connectivity index (χ4v) is 1.96. The molecule has 0 aromatic heterocycles. The zero-order valence-corrected chi connectivity index (χ0v) is 10.7. The topological polar surface area (TPSA) is 30.9 Å². The number of nitrogens with zero attached hydrogens (tertiary/aromatic N) is 1. The van der Waals surface area contributed by atoms with E-state index in [1.54, 1.807) is 7.11 Å². The standard InChI is InChI=1S/C13H19NO3/c1-10-6-12-13(17-5-4-16-12)7-11(10)8-14(2)9-15-3/h6-7H,4-5,8-9H2,1-3H3. The Labute approximate surface area is 102 Å². The highest BCUT2D eigenvalue weighted by atomic mass is 16.6. The first-order valence-corrected chi connectivity index (χ1v) is 5.77. The quantitative estimate of drug-likeness (QED) is 0.747. The molecule has 0 spiro atoms. The molecule has 1 aromatic rings. The van der Waals surface area contributed by atoms with E-state index in [1.807, 2.05) is 13.1 Å². The molecule has 0 bridgehead atoms. The number of methoxy groups -OCH3 is 1. The second-order valence-electron chi connectivity index (χ2n) is 4.35. The molecule has 4 nitrogen and oxygen atoms in total. The van der Waals surface area contributed by atoms with Gasteiger partial charge in [-0.25, -0.2) is 0 Å². The summed E-state index contributed by atoms with van der Waals surface area (Å²) in [7, 11) is 3.73. The van der Waals surface area contributed by atoms with Crippen molar-refractivity contribution < 1.29 is 14.2 Å². The molecule has 0 radical (unpaired) electrons. The van der Waals surface area contributed by atoms with Crippen molar-refractivity contribution in [2.24, 2.45) is 0 Å². The van der Waals surface area contributed by atoms with Crippen LogP contribution in [0.25, 0.3) is 0 Å². The molecule has 94 valence electrons. The van der Waals surface area contributed by atoms with E-state index in [9.17, 15) is 0 Å². The molecule has 4 heteroatoms. The van der Waals surface area contributed by atoms with E-state index < -0.39 is 0 Å². The molecular formula is C13H19NO3. The number of aryl methyl sites for hydroxylation is 1. The first-order valence-electron chi connectivity index (χ1n) is 5.77. The van der Waals surface area contributed by atoms with Gasteiger partial charge < -0.3 is 14.2 Å². The van der Waals surface area contributed by atoms with Crippen molar-refractivity contribution in [3.05, 3.63) is 23.3 Å². The summed E-state index contributed by atoms with van der Waals surface area (Å²) in [5.74, 6) is 1.70. The molecule has 0 amide bonds. The Hall–Kier alpha value is -1.26. The van der Waals surface area contributed by atoms with Gasteiger partial charge in [0.15, 0.2) is 11.5 Å². The second kappa shape index (κ2) is 5.38. The minimum absolute atomic E-state index is 0.619. The predicted molar refractivity (Wildman–Crippen MR) is 65.5 cm³/mol. The van der Waals surface area contributed by atoms with Gasteiger partial charge in [-0.3, -0.25) is 4.90 Å². The lowest BCUT2D eigenvalue weighted by Gasteiger charge is -2.22. The molecule has 0 atom stereocenters. The Morgan fingerprint density at radius 3 is 2.53 bits per heavy atom. The fourth-order valence-electron chi connectivity index (χ4n) is 1.96. The molecule has 0 unspecified atom stereocenters. The highest BCUT2D eigenvalue weighted by Gasteiger charge is 2.14. The van der Waals surface area contributed by atoms with E-state index in [-0.39, 0.29) is 0 Å². The largest absolute Gasteiger partial charge is 0.486 e. The smallest absolute Gasteiger partial charge is 0.161 e. The summed E-state index contributed by atoms with van der Waals surface area (Å²) >= 11 is 0. The van der Waals surface area contributed by atoms with Crippen LogP contribution in [-0.4, -0.2) is 39.0 Å². The van der Waals surface area contributed by atoms with Crippen LogP contribution < -0.4 is 9.47 Å². The lowest BCUT2D eigenvalue weighted by Crippen LogP contribution is -2.21. The molecule has 1 aromatic carbocycles. The molecule has 1 aliphatic rings. The molecule has 0 saturated heterocycles. The SMILES string of the molecule is COCN(C)Cc1cc2c(cc1C)OCCO2. The third-order valence-electron chi connectivity index (χ3n) is 2.79. The predicted octanol–water partition coefficient (Wildman–Crippen LogP) is 1.80. The summed E-state index contributed by atoms with van der Waals surface area (Å²) in [5.41, 5.74) is 2.46. The summed E-state index contributed by atoms with van der Waals surface area (Å²) < 4.78 is 16.2. The van der Waals surface area contributed by atoms with Gasteiger partial charge in [0.05, 0.1) is 6.73 Å². The average Bonchev–Trinajstić information content (AvgIpc) is 2.30. The van der Waals surface area contributed by atoms with E-state index in [0.717, 1.165) is 18.0 Å². The summed E-state index contributed by atoms with van der Waals surface area (Å²) in [4.78, 5) is 2.11. The number of ether oxygens (including phenoxy) is 3. The van der Waals surface area contributed by atoms with E-state index in [4.69, 9.17) is 14.2 Å². The van der Waals surface area contributed by atoms with Crippen LogP contribution >= 0.6 is 0 Å². The Bertz CT molecular complexity index is 392. The number of fused-ring (bicyclic) bond motifs is 1. The molecular weight excluding hydrogens is 218 g/mol. The van der Waals surface area contributed by atoms with Crippen molar-refractivity contribution in [3.63, 3.8) is 0 Å². The number of benzene rings is 1. The highest BCUT2D eigenvalue weighted by Crippen LogP contribution is 2.33. The lowest BCUT2D eigenvalue weighted by molar-refractivity contribution is 0.0769. The van der Waals surface area contributed by atoms with Crippen LogP contribution in [0, 0.1) is 6.92 Å². The van der Waals surface area contributed by atoms with Crippen LogP contribution in [0.2, 0.25) is 0 Å². The Morgan fingerprint density at radius 1 is 1.24 bits per heavy atom. The Kier molecular flexibility index (Phi) is 3.86. The summed E-state index contributed by atoms with van der Waals surface area (Å²) in [6.45, 7) is 4.82. The van der Waals surface area contributed by atoms with Gasteiger partial charge in [0.2, 0.25) is 0 Å². The van der Waals surface area contributed by atoms with Crippen molar-refractivity contribution in [2.45, 2.75) is 13.5 Å². The van der Waals surface area contributed by atoms with E-state index in [1.165, 1.54) is 11.1 Å². The third-order valence-corrected chi connectivity index (χ3v) is 2.79. The van der Waals surface area contributed by atoms with Crippen molar-refractivity contribution >= 4 is 0 Å². The zero-order chi connectivity index (χ0) is 12.3. The van der Waals surface area contributed by atoms with Gasteiger partial charge in [-0.1, -0.05) is 0 Å².